The molecule has 0 spiro atoms. The van der Waals surface area contributed by atoms with Crippen LogP contribution in [0.25, 0.3) is 0 Å². The summed E-state index contributed by atoms with van der Waals surface area (Å²) < 4.78 is 0. The van der Waals surface area contributed by atoms with Crippen LogP contribution in [0.1, 0.15) is 52.0 Å². The van der Waals surface area contributed by atoms with Crippen LogP contribution in [0.15, 0.2) is 6.33 Å². The van der Waals surface area contributed by atoms with E-state index in [-0.39, 0.29) is 6.61 Å². The van der Waals surface area contributed by atoms with Gasteiger partial charge in [-0.25, -0.2) is 9.97 Å². The number of aromatic nitrogens is 2. The molecule has 0 aliphatic rings. The minimum atomic E-state index is 0.250. The molecular formula is C16H30N4O. The molecule has 1 heterocycles. The van der Waals surface area contributed by atoms with Gasteiger partial charge in [-0.1, -0.05) is 27.2 Å². The van der Waals surface area contributed by atoms with Crippen LogP contribution in [-0.2, 0) is 6.42 Å². The molecule has 5 heteroatoms. The molecular weight excluding hydrogens is 264 g/mol. The van der Waals surface area contributed by atoms with Crippen molar-refractivity contribution in [3.63, 3.8) is 0 Å². The second kappa shape index (κ2) is 10.4. The van der Waals surface area contributed by atoms with Gasteiger partial charge in [0, 0.05) is 25.3 Å². The molecule has 0 saturated heterocycles. The van der Waals surface area contributed by atoms with Crippen molar-refractivity contribution in [1.29, 1.82) is 0 Å². The monoisotopic (exact) mass is 294 g/mol. The van der Waals surface area contributed by atoms with E-state index in [0.29, 0.717) is 5.92 Å². The molecule has 0 aliphatic carbocycles. The fraction of sp³-hybridized carbons (Fsp3) is 0.750. The number of rotatable bonds is 11. The number of hydrogen-bond acceptors (Lipinski definition) is 5. The van der Waals surface area contributed by atoms with Gasteiger partial charge in [0.1, 0.15) is 18.0 Å². The Hall–Kier alpha value is -1.36. The average Bonchev–Trinajstić information content (AvgIpc) is 2.50. The molecule has 0 aliphatic heterocycles. The lowest BCUT2D eigenvalue weighted by atomic mass is 10.00. The topological polar surface area (TPSA) is 70.1 Å². The highest BCUT2D eigenvalue weighted by Gasteiger charge is 2.12. The van der Waals surface area contributed by atoms with Crippen LogP contribution in [0.4, 0.5) is 11.6 Å². The molecule has 0 saturated carbocycles. The summed E-state index contributed by atoms with van der Waals surface area (Å²) in [5.41, 5.74) is 1.14. The number of aliphatic hydroxyl groups excluding tert-OH is 1. The molecule has 0 bridgehead atoms. The van der Waals surface area contributed by atoms with E-state index >= 15 is 0 Å². The molecule has 1 atom stereocenters. The molecule has 0 radical (unpaired) electrons. The highest BCUT2D eigenvalue weighted by molar-refractivity contribution is 5.57. The van der Waals surface area contributed by atoms with E-state index in [1.54, 1.807) is 6.33 Å². The van der Waals surface area contributed by atoms with Crippen LogP contribution < -0.4 is 10.6 Å². The Morgan fingerprint density at radius 2 is 1.76 bits per heavy atom. The number of anilines is 2. The summed E-state index contributed by atoms with van der Waals surface area (Å²) in [6.45, 7) is 8.47. The summed E-state index contributed by atoms with van der Waals surface area (Å²) in [6.07, 6.45) is 6.69. The van der Waals surface area contributed by atoms with Crippen LogP contribution >= 0.6 is 0 Å². The zero-order chi connectivity index (χ0) is 15.5. The van der Waals surface area contributed by atoms with Gasteiger partial charge in [0.25, 0.3) is 0 Å². The quantitative estimate of drug-likeness (QED) is 0.585. The lowest BCUT2D eigenvalue weighted by Gasteiger charge is -2.18. The molecule has 1 aromatic rings. The lowest BCUT2D eigenvalue weighted by Crippen LogP contribution is -2.18. The maximum absolute atomic E-state index is 9.14. The summed E-state index contributed by atoms with van der Waals surface area (Å²) >= 11 is 0. The Balaban J connectivity index is 2.72. The standard InChI is InChI=1S/C16H30N4O/c1-4-7-13(8-10-21)11-18-16-14(6-3)15(17-9-5-2)19-12-20-16/h12-13,21H,4-11H2,1-3H3,(H2,17,18,19,20). The first-order valence-electron chi connectivity index (χ1n) is 8.19. The molecule has 21 heavy (non-hydrogen) atoms. The highest BCUT2D eigenvalue weighted by atomic mass is 16.3. The molecule has 5 nitrogen and oxygen atoms in total. The normalized spacial score (nSPS) is 12.2. The largest absolute Gasteiger partial charge is 0.396 e. The Labute approximate surface area is 128 Å². The number of nitrogens with one attached hydrogen (secondary N) is 2. The van der Waals surface area contributed by atoms with Crippen molar-refractivity contribution in [3.05, 3.63) is 11.9 Å². The Kier molecular flexibility index (Phi) is 8.74. The van der Waals surface area contributed by atoms with Crippen LogP contribution in [0, 0.1) is 5.92 Å². The zero-order valence-corrected chi connectivity index (χ0v) is 13.7. The summed E-state index contributed by atoms with van der Waals surface area (Å²) in [5.74, 6) is 2.35. The first-order chi connectivity index (χ1) is 10.3. The predicted octanol–water partition coefficient (Wildman–Crippen LogP) is 3.07. The minimum absolute atomic E-state index is 0.250. The molecule has 3 N–H and O–H groups in total. The molecule has 1 aromatic heterocycles. The molecule has 0 amide bonds. The maximum Gasteiger partial charge on any atom is 0.134 e. The van der Waals surface area contributed by atoms with Crippen molar-refractivity contribution in [2.24, 2.45) is 5.92 Å². The van der Waals surface area contributed by atoms with Crippen molar-refractivity contribution in [2.75, 3.05) is 30.3 Å². The SMILES string of the molecule is CCCNc1ncnc(NCC(CCC)CCO)c1CC. The molecule has 1 unspecified atom stereocenters. The van der Waals surface area contributed by atoms with Gasteiger partial charge in [-0.15, -0.1) is 0 Å². The van der Waals surface area contributed by atoms with E-state index in [1.807, 2.05) is 0 Å². The average molecular weight is 294 g/mol. The zero-order valence-electron chi connectivity index (χ0n) is 13.7. The Bertz CT molecular complexity index is 392. The van der Waals surface area contributed by atoms with Crippen molar-refractivity contribution < 1.29 is 5.11 Å². The van der Waals surface area contributed by atoms with Crippen LogP contribution in [0.2, 0.25) is 0 Å². The molecule has 1 rings (SSSR count). The highest BCUT2D eigenvalue weighted by Crippen LogP contribution is 2.21. The van der Waals surface area contributed by atoms with Crippen LogP contribution in [0.3, 0.4) is 0 Å². The number of nitrogens with zero attached hydrogens (tertiary/aromatic N) is 2. The van der Waals surface area contributed by atoms with Gasteiger partial charge in [0.05, 0.1) is 0 Å². The number of hydrogen-bond donors (Lipinski definition) is 3. The molecule has 0 aromatic carbocycles. The van der Waals surface area contributed by atoms with E-state index in [2.05, 4.69) is 41.4 Å². The Morgan fingerprint density at radius 1 is 1.05 bits per heavy atom. The summed E-state index contributed by atoms with van der Waals surface area (Å²) in [5, 5.41) is 15.9. The van der Waals surface area contributed by atoms with Crippen molar-refractivity contribution in [2.45, 2.75) is 52.9 Å². The Morgan fingerprint density at radius 3 is 2.33 bits per heavy atom. The first kappa shape index (κ1) is 17.7. The van der Waals surface area contributed by atoms with Gasteiger partial charge in [-0.3, -0.25) is 0 Å². The summed E-state index contributed by atoms with van der Waals surface area (Å²) in [4.78, 5) is 8.73. The predicted molar refractivity (Wildman–Crippen MR) is 88.8 cm³/mol. The first-order valence-corrected chi connectivity index (χ1v) is 8.19. The van der Waals surface area contributed by atoms with Gasteiger partial charge in [-0.05, 0) is 31.6 Å². The van der Waals surface area contributed by atoms with Crippen molar-refractivity contribution >= 4 is 11.6 Å². The molecule has 0 fully saturated rings. The minimum Gasteiger partial charge on any atom is -0.396 e. The van der Waals surface area contributed by atoms with Crippen LogP contribution in [0.5, 0.6) is 0 Å². The fourth-order valence-electron chi connectivity index (χ4n) is 2.48. The second-order valence-electron chi connectivity index (χ2n) is 5.38. The third-order valence-corrected chi connectivity index (χ3v) is 3.63. The van der Waals surface area contributed by atoms with Gasteiger partial charge in [0.15, 0.2) is 0 Å². The second-order valence-corrected chi connectivity index (χ2v) is 5.38. The third kappa shape index (κ3) is 5.87. The maximum atomic E-state index is 9.14. The molecule has 120 valence electrons. The number of aliphatic hydroxyl groups is 1. The summed E-state index contributed by atoms with van der Waals surface area (Å²) in [7, 11) is 0. The van der Waals surface area contributed by atoms with Gasteiger partial charge in [0.2, 0.25) is 0 Å². The van der Waals surface area contributed by atoms with Crippen molar-refractivity contribution in [3.8, 4) is 0 Å². The van der Waals surface area contributed by atoms with E-state index in [9.17, 15) is 0 Å². The van der Waals surface area contributed by atoms with Crippen molar-refractivity contribution in [1.82, 2.24) is 9.97 Å². The van der Waals surface area contributed by atoms with E-state index in [1.165, 1.54) is 0 Å². The van der Waals surface area contributed by atoms with Gasteiger partial charge < -0.3 is 15.7 Å². The van der Waals surface area contributed by atoms with E-state index in [0.717, 1.165) is 62.4 Å². The summed E-state index contributed by atoms with van der Waals surface area (Å²) in [6, 6.07) is 0. The van der Waals surface area contributed by atoms with Gasteiger partial charge in [-0.2, -0.15) is 0 Å². The van der Waals surface area contributed by atoms with E-state index < -0.39 is 0 Å². The smallest absolute Gasteiger partial charge is 0.134 e. The fourth-order valence-corrected chi connectivity index (χ4v) is 2.48. The third-order valence-electron chi connectivity index (χ3n) is 3.63. The van der Waals surface area contributed by atoms with E-state index in [4.69, 9.17) is 5.11 Å². The van der Waals surface area contributed by atoms with Gasteiger partial charge >= 0.3 is 0 Å². The van der Waals surface area contributed by atoms with Crippen LogP contribution in [-0.4, -0.2) is 34.8 Å². The lowest BCUT2D eigenvalue weighted by molar-refractivity contribution is 0.255.